The third-order valence-corrected chi connectivity index (χ3v) is 3.50. The van der Waals surface area contributed by atoms with E-state index in [9.17, 15) is 57.1 Å². The zero-order valence-electron chi connectivity index (χ0n) is 19.8. The van der Waals surface area contributed by atoms with Crippen LogP contribution in [0, 0.1) is 5.92 Å². The monoisotopic (exact) mass is 538 g/mol. The van der Waals surface area contributed by atoms with Crippen LogP contribution in [0.15, 0.2) is 0 Å². The van der Waals surface area contributed by atoms with Crippen LogP contribution in [0.2, 0.25) is 0 Å². The van der Waals surface area contributed by atoms with E-state index in [1.807, 2.05) is 0 Å². The maximum absolute atomic E-state index is 12.9. The van der Waals surface area contributed by atoms with Gasteiger partial charge in [-0.15, -0.1) is 0 Å². The van der Waals surface area contributed by atoms with E-state index in [2.05, 4.69) is 32.4 Å². The average Bonchev–Trinajstić information content (AvgIpc) is 2.69. The molecule has 0 N–H and O–H groups in total. The zero-order chi connectivity index (χ0) is 28.2. The van der Waals surface area contributed by atoms with Crippen molar-refractivity contribution in [2.75, 3.05) is 13.9 Å². The maximum atomic E-state index is 12.9. The van der Waals surface area contributed by atoms with Crippen molar-refractivity contribution in [1.82, 2.24) is 0 Å². The Hall–Kier alpha value is -0.950. The van der Waals surface area contributed by atoms with E-state index in [1.165, 1.54) is 44.9 Å². The van der Waals surface area contributed by atoms with E-state index in [-0.39, 0.29) is 0 Å². The molecular formula is C20H35F13O. The van der Waals surface area contributed by atoms with Crippen LogP contribution in [-0.4, -0.2) is 44.6 Å². The fourth-order valence-electron chi connectivity index (χ4n) is 1.95. The number of hydrogen-bond acceptors (Lipinski definition) is 1. The van der Waals surface area contributed by atoms with Crippen LogP contribution < -0.4 is 0 Å². The molecule has 0 aromatic heterocycles. The Labute approximate surface area is 192 Å². The smallest absolute Gasteiger partial charge is 0.255 e. The molecule has 0 radical (unpaired) electrons. The summed E-state index contributed by atoms with van der Waals surface area (Å²) < 4.78 is 158. The Bertz CT molecular complexity index is 431. The van der Waals surface area contributed by atoms with Gasteiger partial charge in [0.05, 0.1) is 7.18 Å². The molecule has 0 saturated heterocycles. The predicted molar refractivity (Wildman–Crippen MR) is 104 cm³/mol. The SMILES string of the molecule is CCC.CCCCCCCC.CF.FCC(F)(F)OC(F)(F)C(CC(F)C(F)(F)F)C(F)(F)F. The first-order valence-corrected chi connectivity index (χ1v) is 10.5. The van der Waals surface area contributed by atoms with Crippen molar-refractivity contribution < 1.29 is 61.8 Å². The molecule has 0 rings (SSSR count). The Morgan fingerprint density at radius 1 is 0.647 bits per heavy atom. The first kappa shape index (κ1) is 40.2. The molecule has 0 spiro atoms. The molecule has 0 heterocycles. The van der Waals surface area contributed by atoms with E-state index in [4.69, 9.17) is 0 Å². The molecule has 0 aliphatic rings. The highest BCUT2D eigenvalue weighted by atomic mass is 19.4. The molecule has 0 aliphatic heterocycles. The molecule has 0 aliphatic carbocycles. The minimum absolute atomic E-state index is 0.500. The second-order valence-electron chi connectivity index (χ2n) is 6.90. The molecule has 14 heteroatoms. The van der Waals surface area contributed by atoms with E-state index in [0.29, 0.717) is 7.18 Å². The van der Waals surface area contributed by atoms with Crippen LogP contribution in [0.1, 0.15) is 79.1 Å². The lowest BCUT2D eigenvalue weighted by Crippen LogP contribution is -2.48. The van der Waals surface area contributed by atoms with Gasteiger partial charge in [0.15, 0.2) is 12.8 Å². The fourth-order valence-corrected chi connectivity index (χ4v) is 1.95. The summed E-state index contributed by atoms with van der Waals surface area (Å²) in [6.45, 7) is 5.81. The van der Waals surface area contributed by atoms with Gasteiger partial charge in [-0.1, -0.05) is 72.6 Å². The van der Waals surface area contributed by atoms with Crippen LogP contribution in [-0.2, 0) is 4.74 Å². The summed E-state index contributed by atoms with van der Waals surface area (Å²) in [6, 6.07) is 0. The molecule has 212 valence electrons. The lowest BCUT2D eigenvalue weighted by atomic mass is 10.00. The summed E-state index contributed by atoms with van der Waals surface area (Å²) in [5.74, 6) is -4.54. The summed E-state index contributed by atoms with van der Waals surface area (Å²) in [7, 11) is 0.500. The molecule has 0 saturated carbocycles. The van der Waals surface area contributed by atoms with Gasteiger partial charge in [-0.3, -0.25) is 9.13 Å². The van der Waals surface area contributed by atoms with Gasteiger partial charge in [-0.2, -0.15) is 43.9 Å². The van der Waals surface area contributed by atoms with Crippen LogP contribution in [0.5, 0.6) is 0 Å². The molecule has 0 aromatic rings. The normalized spacial score (nSPS) is 13.9. The molecule has 0 fully saturated rings. The van der Waals surface area contributed by atoms with Crippen molar-refractivity contribution in [1.29, 1.82) is 0 Å². The number of unbranched alkanes of at least 4 members (excludes halogenated alkanes) is 5. The highest BCUT2D eigenvalue weighted by Gasteiger charge is 2.62. The fraction of sp³-hybridized carbons (Fsp3) is 1.00. The minimum Gasteiger partial charge on any atom is -0.255 e. The molecule has 34 heavy (non-hydrogen) atoms. The van der Waals surface area contributed by atoms with Crippen molar-refractivity contribution in [3.63, 3.8) is 0 Å². The van der Waals surface area contributed by atoms with Crippen molar-refractivity contribution >= 4 is 0 Å². The summed E-state index contributed by atoms with van der Waals surface area (Å²) >= 11 is 0. The highest BCUT2D eigenvalue weighted by Crippen LogP contribution is 2.46. The average molecular weight is 538 g/mol. The first-order valence-electron chi connectivity index (χ1n) is 10.5. The van der Waals surface area contributed by atoms with Gasteiger partial charge >= 0.3 is 24.6 Å². The van der Waals surface area contributed by atoms with Gasteiger partial charge in [0.2, 0.25) is 0 Å². The lowest BCUT2D eigenvalue weighted by Gasteiger charge is -2.31. The van der Waals surface area contributed by atoms with E-state index in [0.717, 1.165) is 0 Å². The van der Waals surface area contributed by atoms with Crippen molar-refractivity contribution in [3.8, 4) is 0 Å². The molecule has 0 bridgehead atoms. The Balaban J connectivity index is -0.000000286. The molecule has 0 amide bonds. The Kier molecular flexibility index (Phi) is 24.0. The first-order chi connectivity index (χ1) is 15.4. The van der Waals surface area contributed by atoms with Crippen molar-refractivity contribution in [2.24, 2.45) is 5.92 Å². The predicted octanol–water partition coefficient (Wildman–Crippen LogP) is 10.00. The number of halogens is 13. The molecule has 1 nitrogen and oxygen atoms in total. The van der Waals surface area contributed by atoms with Gasteiger partial charge in [-0.25, -0.2) is 8.78 Å². The van der Waals surface area contributed by atoms with Crippen LogP contribution >= 0.6 is 0 Å². The van der Waals surface area contributed by atoms with Gasteiger partial charge in [-0.05, 0) is 0 Å². The number of alkyl halides is 13. The quantitative estimate of drug-likeness (QED) is 0.188. The van der Waals surface area contributed by atoms with Crippen molar-refractivity contribution in [2.45, 2.75) is 110 Å². The standard InChI is InChI=1S/C8H6F12O.C8H18.C3H8.CH3F/c9-2-5(11,12)21-8(19,20)3(6(13,14)15)1-4(10)7(16,17)18;1-3-5-7-8-6-4-2;1-3-2;1-2/h3-4H,1-2H2;3-8H2,1-2H3;3H2,1-2H3;1H3. The summed E-state index contributed by atoms with van der Waals surface area (Å²) in [6.07, 6.45) is -21.0. The number of rotatable bonds is 11. The second-order valence-corrected chi connectivity index (χ2v) is 6.90. The highest BCUT2D eigenvalue weighted by molar-refractivity contribution is 4.82. The van der Waals surface area contributed by atoms with Gasteiger partial charge in [0.1, 0.15) is 5.92 Å². The third-order valence-electron chi connectivity index (χ3n) is 3.50. The lowest BCUT2D eigenvalue weighted by molar-refractivity contribution is -0.421. The summed E-state index contributed by atoms with van der Waals surface area (Å²) in [5, 5.41) is 0. The van der Waals surface area contributed by atoms with Crippen LogP contribution in [0.3, 0.4) is 0 Å². The van der Waals surface area contributed by atoms with Crippen molar-refractivity contribution in [3.05, 3.63) is 0 Å². The molecule has 2 unspecified atom stereocenters. The zero-order valence-corrected chi connectivity index (χ0v) is 19.8. The van der Waals surface area contributed by atoms with Gasteiger partial charge in [0, 0.05) is 6.42 Å². The minimum atomic E-state index is -6.20. The molecule has 2 atom stereocenters. The number of ether oxygens (including phenoxy) is 1. The summed E-state index contributed by atoms with van der Waals surface area (Å²) in [4.78, 5) is 0. The third kappa shape index (κ3) is 22.8. The van der Waals surface area contributed by atoms with E-state index >= 15 is 0 Å². The summed E-state index contributed by atoms with van der Waals surface area (Å²) in [5.41, 5.74) is 0. The number of hydrogen-bond donors (Lipinski definition) is 0. The Morgan fingerprint density at radius 3 is 1.24 bits per heavy atom. The van der Waals surface area contributed by atoms with E-state index in [1.54, 1.807) is 0 Å². The maximum Gasteiger partial charge on any atom is 0.419 e. The van der Waals surface area contributed by atoms with E-state index < -0.39 is 49.8 Å². The van der Waals surface area contributed by atoms with Gasteiger partial charge < -0.3 is 0 Å². The van der Waals surface area contributed by atoms with Gasteiger partial charge in [0.25, 0.3) is 0 Å². The second kappa shape index (κ2) is 20.3. The topological polar surface area (TPSA) is 9.23 Å². The van der Waals surface area contributed by atoms with Crippen LogP contribution in [0.4, 0.5) is 57.1 Å². The van der Waals surface area contributed by atoms with Crippen LogP contribution in [0.25, 0.3) is 0 Å². The molecular weight excluding hydrogens is 503 g/mol. The largest absolute Gasteiger partial charge is 0.419 e. The molecule has 0 aromatic carbocycles. The Morgan fingerprint density at radius 2 is 1.00 bits per heavy atom.